The second kappa shape index (κ2) is 5.16. The summed E-state index contributed by atoms with van der Waals surface area (Å²) >= 11 is 5.57. The molecule has 1 aromatic heterocycles. The average Bonchev–Trinajstić information content (AvgIpc) is 2.78. The fourth-order valence-electron chi connectivity index (χ4n) is 1.56. The Bertz CT molecular complexity index is 648. The van der Waals surface area contributed by atoms with Crippen LogP contribution in [0.3, 0.4) is 0 Å². The molecular weight excluding hydrogens is 270 g/mol. The zero-order valence-electron chi connectivity index (χ0n) is 9.94. The predicted octanol–water partition coefficient (Wildman–Crippen LogP) is 3.19. The lowest BCUT2D eigenvalue weighted by Crippen LogP contribution is -2.11. The van der Waals surface area contributed by atoms with Crippen molar-refractivity contribution in [3.8, 4) is 0 Å². The topological polar surface area (TPSA) is 79.5 Å². The maximum atomic E-state index is 11.8. The summed E-state index contributed by atoms with van der Waals surface area (Å²) in [5.41, 5.74) is 1.13. The number of aryl methyl sites for hydroxylation is 1. The van der Waals surface area contributed by atoms with Crippen molar-refractivity contribution in [2.45, 2.75) is 6.92 Å². The molecule has 0 unspecified atom stereocenters. The number of hydrogen-bond acceptors (Lipinski definition) is 3. The Hall–Kier alpha value is -2.27. The van der Waals surface area contributed by atoms with Crippen LogP contribution in [-0.2, 0) is 0 Å². The Balaban J connectivity index is 2.22. The van der Waals surface area contributed by atoms with Gasteiger partial charge in [0, 0.05) is 5.69 Å². The van der Waals surface area contributed by atoms with Gasteiger partial charge in [0.25, 0.3) is 5.91 Å². The van der Waals surface area contributed by atoms with E-state index in [4.69, 9.17) is 21.1 Å². The van der Waals surface area contributed by atoms with E-state index in [2.05, 4.69) is 5.32 Å². The molecule has 1 heterocycles. The number of carboxylic acid groups (broad SMARTS) is 1. The number of benzene rings is 1. The van der Waals surface area contributed by atoms with Crippen LogP contribution in [0.4, 0.5) is 5.69 Å². The number of amides is 1. The normalized spacial score (nSPS) is 10.2. The fraction of sp³-hybridized carbons (Fsp3) is 0.0769. The van der Waals surface area contributed by atoms with Gasteiger partial charge in [-0.3, -0.25) is 4.79 Å². The van der Waals surface area contributed by atoms with Crippen LogP contribution in [0.15, 0.2) is 34.7 Å². The van der Waals surface area contributed by atoms with Gasteiger partial charge in [0.1, 0.15) is 0 Å². The van der Waals surface area contributed by atoms with Gasteiger partial charge in [-0.15, -0.1) is 0 Å². The molecule has 6 heteroatoms. The van der Waals surface area contributed by atoms with Gasteiger partial charge in [0.05, 0.1) is 5.56 Å². The smallest absolute Gasteiger partial charge is 0.336 e. The number of furan rings is 1. The van der Waals surface area contributed by atoms with Crippen molar-refractivity contribution in [2.75, 3.05) is 5.32 Å². The summed E-state index contributed by atoms with van der Waals surface area (Å²) in [5.74, 6) is -1.48. The first-order valence-corrected chi connectivity index (χ1v) is 5.76. The summed E-state index contributed by atoms with van der Waals surface area (Å²) in [6, 6.07) is 7.51. The van der Waals surface area contributed by atoms with Gasteiger partial charge in [-0.1, -0.05) is 6.07 Å². The number of carbonyl (C=O) groups excluding carboxylic acids is 1. The molecule has 2 aromatic rings. The predicted molar refractivity (Wildman–Crippen MR) is 69.8 cm³/mol. The number of rotatable bonds is 3. The van der Waals surface area contributed by atoms with E-state index in [1.54, 1.807) is 19.1 Å². The van der Waals surface area contributed by atoms with Crippen molar-refractivity contribution < 1.29 is 19.1 Å². The van der Waals surface area contributed by atoms with Gasteiger partial charge in [0.2, 0.25) is 0 Å². The largest absolute Gasteiger partial charge is 0.478 e. The van der Waals surface area contributed by atoms with Crippen molar-refractivity contribution >= 4 is 29.2 Å². The third-order valence-electron chi connectivity index (χ3n) is 2.52. The first kappa shape index (κ1) is 13.2. The number of carbonyl (C=O) groups is 2. The fourth-order valence-corrected chi connectivity index (χ4v) is 1.71. The van der Waals surface area contributed by atoms with Crippen molar-refractivity contribution in [1.82, 2.24) is 0 Å². The van der Waals surface area contributed by atoms with E-state index in [0.29, 0.717) is 11.3 Å². The van der Waals surface area contributed by atoms with Gasteiger partial charge in [-0.05, 0) is 48.4 Å². The molecule has 0 atom stereocenters. The van der Waals surface area contributed by atoms with Crippen LogP contribution in [0.5, 0.6) is 0 Å². The summed E-state index contributed by atoms with van der Waals surface area (Å²) in [4.78, 5) is 22.8. The highest BCUT2D eigenvalue weighted by Gasteiger charge is 2.13. The summed E-state index contributed by atoms with van der Waals surface area (Å²) in [6.45, 7) is 1.68. The van der Waals surface area contributed by atoms with Crippen LogP contribution in [0.2, 0.25) is 5.22 Å². The first-order chi connectivity index (χ1) is 8.97. The van der Waals surface area contributed by atoms with Gasteiger partial charge >= 0.3 is 5.97 Å². The molecule has 2 rings (SSSR count). The molecule has 0 spiro atoms. The molecule has 0 bridgehead atoms. The van der Waals surface area contributed by atoms with Gasteiger partial charge in [-0.25, -0.2) is 4.79 Å². The minimum absolute atomic E-state index is 0.0578. The Morgan fingerprint density at radius 3 is 2.58 bits per heavy atom. The Morgan fingerprint density at radius 1 is 1.26 bits per heavy atom. The average molecular weight is 280 g/mol. The summed E-state index contributed by atoms with van der Waals surface area (Å²) in [7, 11) is 0. The first-order valence-electron chi connectivity index (χ1n) is 5.38. The number of hydrogen-bond donors (Lipinski definition) is 2. The van der Waals surface area contributed by atoms with E-state index in [0.717, 1.165) is 0 Å². The molecule has 2 N–H and O–H groups in total. The third-order valence-corrected chi connectivity index (χ3v) is 2.73. The molecule has 0 aliphatic heterocycles. The molecule has 1 amide bonds. The molecule has 19 heavy (non-hydrogen) atoms. The third kappa shape index (κ3) is 2.95. The maximum absolute atomic E-state index is 11.8. The highest BCUT2D eigenvalue weighted by atomic mass is 35.5. The van der Waals surface area contributed by atoms with Gasteiger partial charge < -0.3 is 14.8 Å². The number of carboxylic acids is 1. The maximum Gasteiger partial charge on any atom is 0.336 e. The van der Waals surface area contributed by atoms with E-state index >= 15 is 0 Å². The van der Waals surface area contributed by atoms with Crippen molar-refractivity contribution in [3.05, 3.63) is 52.4 Å². The van der Waals surface area contributed by atoms with Crippen LogP contribution in [-0.4, -0.2) is 17.0 Å². The Labute approximate surface area is 113 Å². The van der Waals surface area contributed by atoms with Crippen molar-refractivity contribution in [1.29, 1.82) is 0 Å². The molecule has 0 saturated heterocycles. The molecule has 0 fully saturated rings. The minimum Gasteiger partial charge on any atom is -0.478 e. The van der Waals surface area contributed by atoms with Crippen LogP contribution in [0.25, 0.3) is 0 Å². The molecule has 5 nitrogen and oxygen atoms in total. The summed E-state index contributed by atoms with van der Waals surface area (Å²) in [6.07, 6.45) is 0. The number of halogens is 1. The molecule has 1 aromatic carbocycles. The molecule has 0 aliphatic rings. The lowest BCUT2D eigenvalue weighted by molar-refractivity contribution is 0.0695. The zero-order valence-corrected chi connectivity index (χ0v) is 10.7. The minimum atomic E-state index is -1.05. The lowest BCUT2D eigenvalue weighted by Gasteiger charge is -2.06. The van der Waals surface area contributed by atoms with Gasteiger partial charge in [-0.2, -0.15) is 0 Å². The second-order valence-corrected chi connectivity index (χ2v) is 4.27. The van der Waals surface area contributed by atoms with E-state index in [1.165, 1.54) is 18.2 Å². The second-order valence-electron chi connectivity index (χ2n) is 3.89. The zero-order chi connectivity index (χ0) is 14.0. The van der Waals surface area contributed by atoms with E-state index in [1.807, 2.05) is 0 Å². The number of aromatic carboxylic acids is 1. The standard InChI is InChI=1S/C13H10ClNO4/c1-7-2-3-8(6-9(7)13(17)18)15-12(16)10-4-5-11(14)19-10/h2-6H,1H3,(H,15,16)(H,17,18). The van der Waals surface area contributed by atoms with Crippen LogP contribution in [0.1, 0.15) is 26.5 Å². The van der Waals surface area contributed by atoms with E-state index in [-0.39, 0.29) is 16.5 Å². The van der Waals surface area contributed by atoms with Crippen molar-refractivity contribution in [3.63, 3.8) is 0 Å². The summed E-state index contributed by atoms with van der Waals surface area (Å²) in [5, 5.41) is 11.6. The lowest BCUT2D eigenvalue weighted by atomic mass is 10.1. The van der Waals surface area contributed by atoms with Crippen molar-refractivity contribution in [2.24, 2.45) is 0 Å². The molecular formula is C13H10ClNO4. The number of anilines is 1. The van der Waals surface area contributed by atoms with Crippen LogP contribution in [0, 0.1) is 6.92 Å². The molecule has 0 aliphatic carbocycles. The highest BCUT2D eigenvalue weighted by Crippen LogP contribution is 2.18. The molecule has 0 radical (unpaired) electrons. The van der Waals surface area contributed by atoms with Gasteiger partial charge in [0.15, 0.2) is 11.0 Å². The quantitative estimate of drug-likeness (QED) is 0.904. The molecule has 0 saturated carbocycles. The number of nitrogens with one attached hydrogen (secondary N) is 1. The van der Waals surface area contributed by atoms with E-state index in [9.17, 15) is 9.59 Å². The van der Waals surface area contributed by atoms with Crippen LogP contribution < -0.4 is 5.32 Å². The highest BCUT2D eigenvalue weighted by molar-refractivity contribution is 6.29. The summed E-state index contributed by atoms with van der Waals surface area (Å²) < 4.78 is 4.96. The Kier molecular flexibility index (Phi) is 3.57. The molecule has 98 valence electrons. The van der Waals surface area contributed by atoms with E-state index < -0.39 is 11.9 Å². The monoisotopic (exact) mass is 279 g/mol. The Morgan fingerprint density at radius 2 is 2.00 bits per heavy atom. The van der Waals surface area contributed by atoms with Crippen LogP contribution >= 0.6 is 11.6 Å². The SMILES string of the molecule is Cc1ccc(NC(=O)c2ccc(Cl)o2)cc1C(=O)O.